The van der Waals surface area contributed by atoms with Gasteiger partial charge in [-0.3, -0.25) is 9.59 Å². The molecule has 0 unspecified atom stereocenters. The zero-order valence-electron chi connectivity index (χ0n) is 18.9. The molecule has 1 fully saturated rings. The van der Waals surface area contributed by atoms with Crippen molar-refractivity contribution in [3.8, 4) is 5.75 Å². The summed E-state index contributed by atoms with van der Waals surface area (Å²) in [6.07, 6.45) is 2.85. The number of rotatable bonds is 6. The van der Waals surface area contributed by atoms with Gasteiger partial charge in [-0.25, -0.2) is 4.79 Å². The highest BCUT2D eigenvalue weighted by Gasteiger charge is 2.45. The first kappa shape index (κ1) is 22.1. The number of hydrogen-bond donors (Lipinski definition) is 1. The van der Waals surface area contributed by atoms with Crippen LogP contribution in [0.1, 0.15) is 51.0 Å². The van der Waals surface area contributed by atoms with E-state index in [0.717, 1.165) is 29.9 Å². The fourth-order valence-electron chi connectivity index (χ4n) is 4.70. The molecule has 4 rings (SSSR count). The standard InChI is InChI=1S/C25H30N2O5/c1-15(2)11-14-32-17-9-7-16(8-10-17)20-21-18(5-4-6-19(21)28)27-13-12-26-24(29)23(27)22(20)25(30)31-3/h7-10,15,20H,4-6,11-14H2,1-3H3,(H,26,29)/t20-/m1/s1. The van der Waals surface area contributed by atoms with Crippen LogP contribution in [0.3, 0.4) is 0 Å². The lowest BCUT2D eigenvalue weighted by Crippen LogP contribution is -2.50. The topological polar surface area (TPSA) is 84.9 Å². The van der Waals surface area contributed by atoms with Crippen molar-refractivity contribution in [3.05, 3.63) is 52.4 Å². The summed E-state index contributed by atoms with van der Waals surface area (Å²) in [5.41, 5.74) is 2.78. The maximum Gasteiger partial charge on any atom is 0.337 e. The molecule has 3 aliphatic rings. The smallest absolute Gasteiger partial charge is 0.337 e. The Kier molecular flexibility index (Phi) is 6.35. The number of benzene rings is 1. The Balaban J connectivity index is 1.79. The van der Waals surface area contributed by atoms with Gasteiger partial charge in [0.2, 0.25) is 0 Å². The second-order valence-electron chi connectivity index (χ2n) is 8.83. The molecule has 1 aromatic rings. The number of ether oxygens (including phenoxy) is 2. The van der Waals surface area contributed by atoms with Crippen LogP contribution in [-0.2, 0) is 19.1 Å². The lowest BCUT2D eigenvalue weighted by molar-refractivity contribution is -0.137. The normalized spacial score (nSPS) is 20.8. The van der Waals surface area contributed by atoms with Gasteiger partial charge in [-0.2, -0.15) is 0 Å². The molecule has 1 amide bonds. The Morgan fingerprint density at radius 2 is 1.94 bits per heavy atom. The molecule has 0 bridgehead atoms. The summed E-state index contributed by atoms with van der Waals surface area (Å²) in [5, 5.41) is 2.84. The van der Waals surface area contributed by atoms with Crippen LogP contribution in [0.5, 0.6) is 5.75 Å². The Hall–Kier alpha value is -3.09. The Morgan fingerprint density at radius 1 is 1.19 bits per heavy atom. The number of hydrogen-bond acceptors (Lipinski definition) is 6. The lowest BCUT2D eigenvalue weighted by atomic mass is 9.74. The van der Waals surface area contributed by atoms with Crippen LogP contribution in [0, 0.1) is 5.92 Å². The zero-order chi connectivity index (χ0) is 22.8. The Bertz CT molecular complexity index is 990. The molecule has 1 N–H and O–H groups in total. The minimum atomic E-state index is -0.634. The number of allylic oxidation sites excluding steroid dienone is 2. The van der Waals surface area contributed by atoms with Gasteiger partial charge in [0, 0.05) is 36.7 Å². The molecule has 1 saturated heterocycles. The number of Topliss-reactive ketones (excluding diaryl/α,β-unsaturated/α-hetero) is 1. The number of nitrogens with zero attached hydrogens (tertiary/aromatic N) is 1. The number of esters is 1. The molecule has 32 heavy (non-hydrogen) atoms. The van der Waals surface area contributed by atoms with Gasteiger partial charge in [-0.15, -0.1) is 0 Å². The number of amides is 1. The largest absolute Gasteiger partial charge is 0.494 e. The summed E-state index contributed by atoms with van der Waals surface area (Å²) in [5.74, 6) is -0.212. The van der Waals surface area contributed by atoms with E-state index in [1.165, 1.54) is 7.11 Å². The highest BCUT2D eigenvalue weighted by Crippen LogP contribution is 2.47. The van der Waals surface area contributed by atoms with Gasteiger partial charge in [0.1, 0.15) is 11.4 Å². The number of carbonyl (C=O) groups is 3. The van der Waals surface area contributed by atoms with Crippen LogP contribution in [0.2, 0.25) is 0 Å². The van der Waals surface area contributed by atoms with Crippen molar-refractivity contribution in [1.29, 1.82) is 0 Å². The van der Waals surface area contributed by atoms with E-state index in [9.17, 15) is 14.4 Å². The van der Waals surface area contributed by atoms with E-state index in [1.807, 2.05) is 29.2 Å². The maximum absolute atomic E-state index is 13.1. The molecule has 2 heterocycles. The van der Waals surface area contributed by atoms with E-state index in [4.69, 9.17) is 9.47 Å². The molecule has 170 valence electrons. The van der Waals surface area contributed by atoms with E-state index >= 15 is 0 Å². The first-order chi connectivity index (χ1) is 15.4. The molecule has 1 aliphatic carbocycles. The van der Waals surface area contributed by atoms with Gasteiger partial charge >= 0.3 is 5.97 Å². The predicted octanol–water partition coefficient (Wildman–Crippen LogP) is 3.07. The fraction of sp³-hybridized carbons (Fsp3) is 0.480. The van der Waals surface area contributed by atoms with Crippen molar-refractivity contribution in [1.82, 2.24) is 10.2 Å². The van der Waals surface area contributed by atoms with Crippen LogP contribution in [0.15, 0.2) is 46.8 Å². The summed E-state index contributed by atoms with van der Waals surface area (Å²) in [4.78, 5) is 40.8. The molecule has 7 heteroatoms. The summed E-state index contributed by atoms with van der Waals surface area (Å²) < 4.78 is 10.9. The first-order valence-corrected chi connectivity index (χ1v) is 11.3. The highest BCUT2D eigenvalue weighted by molar-refractivity contribution is 6.09. The van der Waals surface area contributed by atoms with Crippen LogP contribution < -0.4 is 10.1 Å². The third-order valence-electron chi connectivity index (χ3n) is 6.28. The van der Waals surface area contributed by atoms with E-state index in [1.54, 1.807) is 0 Å². The minimum absolute atomic E-state index is 0.0277. The summed E-state index contributed by atoms with van der Waals surface area (Å²) in [6, 6.07) is 7.47. The second-order valence-corrected chi connectivity index (χ2v) is 8.83. The quantitative estimate of drug-likeness (QED) is 0.687. The van der Waals surface area contributed by atoms with Gasteiger partial charge in [0.05, 0.1) is 19.3 Å². The molecule has 0 aromatic heterocycles. The lowest BCUT2D eigenvalue weighted by Gasteiger charge is -2.43. The second kappa shape index (κ2) is 9.18. The fourth-order valence-corrected chi connectivity index (χ4v) is 4.70. The molecular formula is C25H30N2O5. The SMILES string of the molecule is COC(=O)C1=C2C(=O)NCCN2C2=C(C(=O)CCC2)[C@H]1c1ccc(OCCC(C)C)cc1. The van der Waals surface area contributed by atoms with Gasteiger partial charge in [-0.1, -0.05) is 26.0 Å². The van der Waals surface area contributed by atoms with Crippen molar-refractivity contribution < 1.29 is 23.9 Å². The van der Waals surface area contributed by atoms with E-state index in [-0.39, 0.29) is 17.3 Å². The van der Waals surface area contributed by atoms with E-state index in [0.29, 0.717) is 49.7 Å². The molecule has 1 aromatic carbocycles. The molecular weight excluding hydrogens is 408 g/mol. The molecule has 2 aliphatic heterocycles. The minimum Gasteiger partial charge on any atom is -0.494 e. The van der Waals surface area contributed by atoms with Crippen molar-refractivity contribution in [2.45, 2.75) is 45.4 Å². The van der Waals surface area contributed by atoms with Crippen LogP contribution in [0.4, 0.5) is 0 Å². The van der Waals surface area contributed by atoms with Gasteiger partial charge in [-0.05, 0) is 42.9 Å². The zero-order valence-corrected chi connectivity index (χ0v) is 18.9. The number of fused-ring (bicyclic) bond motifs is 2. The van der Waals surface area contributed by atoms with Gasteiger partial charge in [0.15, 0.2) is 5.78 Å². The predicted molar refractivity (Wildman–Crippen MR) is 119 cm³/mol. The number of piperazine rings is 1. The highest BCUT2D eigenvalue weighted by atomic mass is 16.5. The van der Waals surface area contributed by atoms with Crippen LogP contribution >= 0.6 is 0 Å². The maximum atomic E-state index is 13.1. The van der Waals surface area contributed by atoms with Crippen molar-refractivity contribution in [2.24, 2.45) is 5.92 Å². The Labute approximate surface area is 188 Å². The van der Waals surface area contributed by atoms with Crippen molar-refractivity contribution >= 4 is 17.7 Å². The average Bonchev–Trinajstić information content (AvgIpc) is 2.78. The number of carbonyl (C=O) groups excluding carboxylic acids is 3. The Morgan fingerprint density at radius 3 is 2.62 bits per heavy atom. The molecule has 7 nitrogen and oxygen atoms in total. The third-order valence-corrected chi connectivity index (χ3v) is 6.28. The number of methoxy groups -OCH3 is 1. The number of ketones is 1. The molecule has 0 spiro atoms. The van der Waals surface area contributed by atoms with E-state index in [2.05, 4.69) is 19.2 Å². The summed E-state index contributed by atoms with van der Waals surface area (Å²) in [7, 11) is 1.30. The summed E-state index contributed by atoms with van der Waals surface area (Å²) in [6.45, 7) is 5.92. The first-order valence-electron chi connectivity index (χ1n) is 11.3. The van der Waals surface area contributed by atoms with Gasteiger partial charge < -0.3 is 19.7 Å². The van der Waals surface area contributed by atoms with Gasteiger partial charge in [0.25, 0.3) is 5.91 Å². The van der Waals surface area contributed by atoms with Crippen molar-refractivity contribution in [3.63, 3.8) is 0 Å². The van der Waals surface area contributed by atoms with Crippen molar-refractivity contribution in [2.75, 3.05) is 26.8 Å². The monoisotopic (exact) mass is 438 g/mol. The van der Waals surface area contributed by atoms with Crippen LogP contribution in [0.25, 0.3) is 0 Å². The van der Waals surface area contributed by atoms with Crippen LogP contribution in [-0.4, -0.2) is 49.4 Å². The third kappa shape index (κ3) is 4.04. The molecule has 0 radical (unpaired) electrons. The molecule has 1 atom stereocenters. The number of nitrogens with one attached hydrogen (secondary N) is 1. The summed E-state index contributed by atoms with van der Waals surface area (Å²) >= 11 is 0. The molecule has 0 saturated carbocycles. The van der Waals surface area contributed by atoms with E-state index < -0.39 is 11.9 Å². The average molecular weight is 439 g/mol.